The zero-order valence-electron chi connectivity index (χ0n) is 10.8. The van der Waals surface area contributed by atoms with E-state index in [1.807, 2.05) is 0 Å². The summed E-state index contributed by atoms with van der Waals surface area (Å²) in [4.78, 5) is 11.8. The van der Waals surface area contributed by atoms with Gasteiger partial charge in [0.1, 0.15) is 5.88 Å². The third-order valence-corrected chi connectivity index (χ3v) is 3.07. The fourth-order valence-corrected chi connectivity index (χ4v) is 1.95. The van der Waals surface area contributed by atoms with Gasteiger partial charge in [0.05, 0.1) is 6.26 Å². The van der Waals surface area contributed by atoms with Crippen molar-refractivity contribution in [3.8, 4) is 0 Å². The van der Waals surface area contributed by atoms with Crippen LogP contribution in [0.5, 0.6) is 0 Å². The number of anilines is 2. The summed E-state index contributed by atoms with van der Waals surface area (Å²) in [5.74, 6) is -0.322. The molecule has 0 aliphatic carbocycles. The van der Waals surface area contributed by atoms with E-state index in [2.05, 4.69) is 10.6 Å². The van der Waals surface area contributed by atoms with Crippen LogP contribution in [0.3, 0.4) is 0 Å². The third kappa shape index (κ3) is 4.13. The van der Waals surface area contributed by atoms with Gasteiger partial charge in [-0.3, -0.25) is 4.79 Å². The Labute approximate surface area is 116 Å². The largest absolute Gasteiger partial charge is 0.459 e. The molecule has 1 aromatic carbocycles. The lowest BCUT2D eigenvalue weighted by Gasteiger charge is -2.08. The van der Waals surface area contributed by atoms with Gasteiger partial charge in [0.2, 0.25) is 0 Å². The summed E-state index contributed by atoms with van der Waals surface area (Å²) in [5, 5.41) is 5.43. The number of carbonyl (C=O) groups excluding carboxylic acids is 1. The smallest absolute Gasteiger partial charge is 0.291 e. The first-order valence-corrected chi connectivity index (χ1v) is 7.86. The van der Waals surface area contributed by atoms with Crippen LogP contribution in [0.4, 0.5) is 11.4 Å². The van der Waals surface area contributed by atoms with Gasteiger partial charge in [0.15, 0.2) is 15.6 Å². The second-order valence-corrected chi connectivity index (χ2v) is 6.40. The maximum Gasteiger partial charge on any atom is 0.291 e. The van der Waals surface area contributed by atoms with E-state index in [0.717, 1.165) is 6.26 Å². The Bertz CT molecular complexity index is 693. The Morgan fingerprint density at radius 2 is 1.95 bits per heavy atom. The van der Waals surface area contributed by atoms with Crippen LogP contribution in [0.2, 0.25) is 0 Å². The maximum absolute atomic E-state index is 11.8. The Kier molecular flexibility index (Phi) is 4.09. The second-order valence-electron chi connectivity index (χ2n) is 4.26. The third-order valence-electron chi connectivity index (χ3n) is 2.40. The molecule has 20 heavy (non-hydrogen) atoms. The SMILES string of the molecule is CS(=O)(=O)CNc1cccc(NC(=O)c2ccco2)c1. The summed E-state index contributed by atoms with van der Waals surface area (Å²) < 4.78 is 27.1. The summed E-state index contributed by atoms with van der Waals surface area (Å²) >= 11 is 0. The predicted octanol–water partition coefficient (Wildman–Crippen LogP) is 1.95. The van der Waals surface area contributed by atoms with Crippen LogP contribution in [-0.4, -0.2) is 26.5 Å². The van der Waals surface area contributed by atoms with Crippen molar-refractivity contribution in [1.29, 1.82) is 0 Å². The summed E-state index contributed by atoms with van der Waals surface area (Å²) in [6.07, 6.45) is 2.56. The molecule has 0 atom stereocenters. The quantitative estimate of drug-likeness (QED) is 0.880. The van der Waals surface area contributed by atoms with Crippen LogP contribution in [0.25, 0.3) is 0 Å². The normalized spacial score (nSPS) is 11.1. The number of sulfone groups is 1. The number of carbonyl (C=O) groups is 1. The van der Waals surface area contributed by atoms with Gasteiger partial charge >= 0.3 is 0 Å². The summed E-state index contributed by atoms with van der Waals surface area (Å²) in [5.41, 5.74) is 1.15. The molecule has 7 heteroatoms. The van der Waals surface area contributed by atoms with Gasteiger partial charge in [-0.25, -0.2) is 8.42 Å². The minimum absolute atomic E-state index is 0.164. The van der Waals surface area contributed by atoms with Gasteiger partial charge in [0, 0.05) is 17.6 Å². The molecule has 0 saturated heterocycles. The summed E-state index contributed by atoms with van der Waals surface area (Å²) in [7, 11) is -3.11. The zero-order chi connectivity index (χ0) is 14.6. The molecule has 106 valence electrons. The molecule has 0 aliphatic rings. The predicted molar refractivity (Wildman–Crippen MR) is 76.4 cm³/mol. The molecule has 0 fully saturated rings. The van der Waals surface area contributed by atoms with Gasteiger partial charge < -0.3 is 15.1 Å². The van der Waals surface area contributed by atoms with E-state index in [-0.39, 0.29) is 17.5 Å². The van der Waals surface area contributed by atoms with Crippen molar-refractivity contribution < 1.29 is 17.6 Å². The number of benzene rings is 1. The van der Waals surface area contributed by atoms with Gasteiger partial charge in [-0.1, -0.05) is 6.07 Å². The highest BCUT2D eigenvalue weighted by molar-refractivity contribution is 7.90. The molecule has 0 unspecified atom stereocenters. The van der Waals surface area contributed by atoms with Gasteiger partial charge in [-0.2, -0.15) is 0 Å². The van der Waals surface area contributed by atoms with Crippen LogP contribution in [0, 0.1) is 0 Å². The van der Waals surface area contributed by atoms with Crippen LogP contribution < -0.4 is 10.6 Å². The highest BCUT2D eigenvalue weighted by atomic mass is 32.2. The number of rotatable bonds is 5. The molecule has 2 rings (SSSR count). The van der Waals surface area contributed by atoms with Crippen molar-refractivity contribution in [1.82, 2.24) is 0 Å². The average Bonchev–Trinajstić information content (AvgIpc) is 2.90. The van der Waals surface area contributed by atoms with Gasteiger partial charge in [-0.05, 0) is 30.3 Å². The fraction of sp³-hybridized carbons (Fsp3) is 0.154. The summed E-state index contributed by atoms with van der Waals surface area (Å²) in [6.45, 7) is 0. The Morgan fingerprint density at radius 3 is 2.60 bits per heavy atom. The fourth-order valence-electron chi connectivity index (χ4n) is 1.52. The highest BCUT2D eigenvalue weighted by Gasteiger charge is 2.09. The molecule has 1 heterocycles. The van der Waals surface area contributed by atoms with E-state index in [9.17, 15) is 13.2 Å². The van der Waals surface area contributed by atoms with Gasteiger partial charge in [-0.15, -0.1) is 0 Å². The minimum atomic E-state index is -3.11. The molecule has 0 aliphatic heterocycles. The van der Waals surface area contributed by atoms with E-state index in [1.54, 1.807) is 36.4 Å². The van der Waals surface area contributed by atoms with E-state index >= 15 is 0 Å². The van der Waals surface area contributed by atoms with Crippen LogP contribution >= 0.6 is 0 Å². The van der Waals surface area contributed by atoms with Crippen molar-refractivity contribution in [2.45, 2.75) is 0 Å². The monoisotopic (exact) mass is 294 g/mol. The lowest BCUT2D eigenvalue weighted by Crippen LogP contribution is -2.13. The standard InChI is InChI=1S/C13H14N2O4S/c1-20(17,18)9-14-10-4-2-5-11(8-10)15-13(16)12-6-3-7-19-12/h2-8,14H,9H2,1H3,(H,15,16). The van der Waals surface area contributed by atoms with Crippen LogP contribution in [0.1, 0.15) is 10.6 Å². The lowest BCUT2D eigenvalue weighted by molar-refractivity contribution is 0.0996. The van der Waals surface area contributed by atoms with Crippen molar-refractivity contribution in [3.05, 3.63) is 48.4 Å². The van der Waals surface area contributed by atoms with E-state index in [4.69, 9.17) is 4.42 Å². The average molecular weight is 294 g/mol. The van der Waals surface area contributed by atoms with Crippen molar-refractivity contribution in [3.63, 3.8) is 0 Å². The van der Waals surface area contributed by atoms with Crippen molar-refractivity contribution in [2.24, 2.45) is 0 Å². The molecule has 2 N–H and O–H groups in total. The molecule has 0 radical (unpaired) electrons. The minimum Gasteiger partial charge on any atom is -0.459 e. The molecule has 0 spiro atoms. The molecular weight excluding hydrogens is 280 g/mol. The molecular formula is C13H14N2O4S. The van der Waals surface area contributed by atoms with Crippen LogP contribution in [0.15, 0.2) is 47.1 Å². The van der Waals surface area contributed by atoms with E-state index in [0.29, 0.717) is 11.4 Å². The Balaban J connectivity index is 2.04. The number of furan rings is 1. The maximum atomic E-state index is 11.8. The molecule has 1 amide bonds. The highest BCUT2D eigenvalue weighted by Crippen LogP contribution is 2.16. The molecule has 6 nitrogen and oxygen atoms in total. The number of hydrogen-bond acceptors (Lipinski definition) is 5. The van der Waals surface area contributed by atoms with E-state index in [1.165, 1.54) is 6.26 Å². The number of amides is 1. The lowest BCUT2D eigenvalue weighted by atomic mass is 10.2. The summed E-state index contributed by atoms with van der Waals surface area (Å²) in [6, 6.07) is 9.95. The molecule has 0 saturated carbocycles. The van der Waals surface area contributed by atoms with Gasteiger partial charge in [0.25, 0.3) is 5.91 Å². The molecule has 2 aromatic rings. The van der Waals surface area contributed by atoms with Crippen molar-refractivity contribution in [2.75, 3.05) is 22.8 Å². The number of nitrogens with one attached hydrogen (secondary N) is 2. The topological polar surface area (TPSA) is 88.4 Å². The van der Waals surface area contributed by atoms with Crippen LogP contribution in [-0.2, 0) is 9.84 Å². The first-order chi connectivity index (χ1) is 9.44. The second kappa shape index (κ2) is 5.79. The first kappa shape index (κ1) is 14.1. The number of hydrogen-bond donors (Lipinski definition) is 2. The molecule has 1 aromatic heterocycles. The molecule has 0 bridgehead atoms. The van der Waals surface area contributed by atoms with Crippen molar-refractivity contribution >= 4 is 27.1 Å². The zero-order valence-corrected chi connectivity index (χ0v) is 11.6. The first-order valence-electron chi connectivity index (χ1n) is 5.80. The van der Waals surface area contributed by atoms with E-state index < -0.39 is 9.84 Å². The Hall–Kier alpha value is -2.28. The Morgan fingerprint density at radius 1 is 1.20 bits per heavy atom.